The molecule has 6 nitrogen and oxygen atoms in total. The topological polar surface area (TPSA) is 85.8 Å². The SMILES string of the molecule is Cc1cc(-c2nn(C(c3ccccc3)(c3ccccc3)c3ccccc3)c3ccc(C(=O)N[C@@H]4CCC[C@@](N)(Cc5ccccc5F)C4)cc23)ccn1. The normalized spacial score (nSPS) is 17.5. The monoisotopic (exact) mass is 699 g/mol. The Morgan fingerprint density at radius 2 is 1.47 bits per heavy atom. The third kappa shape index (κ3) is 6.53. The molecule has 1 amide bonds. The van der Waals surface area contributed by atoms with Gasteiger partial charge in [0.05, 0.1) is 5.52 Å². The summed E-state index contributed by atoms with van der Waals surface area (Å²) in [5.74, 6) is -0.412. The van der Waals surface area contributed by atoms with Crippen LogP contribution in [0.4, 0.5) is 4.39 Å². The molecule has 1 aliphatic rings. The molecule has 7 aromatic rings. The maximum absolute atomic E-state index is 14.6. The second kappa shape index (κ2) is 14.2. The van der Waals surface area contributed by atoms with Crippen molar-refractivity contribution in [2.45, 2.75) is 56.1 Å². The molecule has 0 bridgehead atoms. The van der Waals surface area contributed by atoms with Crippen LogP contribution in [0.1, 0.15) is 64.0 Å². The Hall–Kier alpha value is -5.92. The molecular formula is C46H42FN5O. The molecule has 2 aromatic heterocycles. The highest BCUT2D eigenvalue weighted by atomic mass is 19.1. The Morgan fingerprint density at radius 3 is 2.09 bits per heavy atom. The summed E-state index contributed by atoms with van der Waals surface area (Å²) in [4.78, 5) is 18.6. The van der Waals surface area contributed by atoms with Crippen LogP contribution in [0.15, 0.2) is 152 Å². The minimum absolute atomic E-state index is 0.129. The van der Waals surface area contributed by atoms with E-state index in [2.05, 4.69) is 87.8 Å². The van der Waals surface area contributed by atoms with E-state index >= 15 is 0 Å². The fourth-order valence-electron chi connectivity index (χ4n) is 8.29. The van der Waals surface area contributed by atoms with Crippen molar-refractivity contribution < 1.29 is 9.18 Å². The Balaban J connectivity index is 1.25. The molecule has 8 rings (SSSR count). The van der Waals surface area contributed by atoms with E-state index in [1.807, 2.05) is 61.5 Å². The lowest BCUT2D eigenvalue weighted by atomic mass is 9.76. The van der Waals surface area contributed by atoms with E-state index in [1.165, 1.54) is 6.07 Å². The number of hydrogen-bond donors (Lipinski definition) is 2. The number of halogens is 1. The molecule has 0 saturated heterocycles. The highest BCUT2D eigenvalue weighted by Gasteiger charge is 2.41. The van der Waals surface area contributed by atoms with E-state index in [-0.39, 0.29) is 17.8 Å². The van der Waals surface area contributed by atoms with Gasteiger partial charge in [-0.3, -0.25) is 9.78 Å². The van der Waals surface area contributed by atoms with Gasteiger partial charge in [0.1, 0.15) is 17.1 Å². The smallest absolute Gasteiger partial charge is 0.251 e. The second-order valence-electron chi connectivity index (χ2n) is 14.4. The Morgan fingerprint density at radius 1 is 0.849 bits per heavy atom. The number of amides is 1. The molecule has 5 aromatic carbocycles. The summed E-state index contributed by atoms with van der Waals surface area (Å²) >= 11 is 0. The number of aromatic nitrogens is 3. The average Bonchev–Trinajstić information content (AvgIpc) is 3.56. The molecular weight excluding hydrogens is 658 g/mol. The zero-order valence-corrected chi connectivity index (χ0v) is 29.8. The third-order valence-corrected chi connectivity index (χ3v) is 10.7. The largest absolute Gasteiger partial charge is 0.349 e. The highest BCUT2D eigenvalue weighted by Crippen LogP contribution is 2.44. The minimum atomic E-state index is -0.850. The summed E-state index contributed by atoms with van der Waals surface area (Å²) in [6, 6.07) is 47.9. The van der Waals surface area contributed by atoms with E-state index in [0.29, 0.717) is 24.0 Å². The van der Waals surface area contributed by atoms with Crippen LogP contribution in [0.3, 0.4) is 0 Å². The van der Waals surface area contributed by atoms with Crippen molar-refractivity contribution >= 4 is 16.8 Å². The number of carbonyl (C=O) groups is 1. The van der Waals surface area contributed by atoms with E-state index in [0.717, 1.165) is 63.8 Å². The van der Waals surface area contributed by atoms with Gasteiger partial charge in [0.15, 0.2) is 0 Å². The fraction of sp³-hybridized carbons (Fsp3) is 0.196. The Kier molecular flexibility index (Phi) is 9.19. The molecule has 1 aliphatic carbocycles. The molecule has 1 fully saturated rings. The third-order valence-electron chi connectivity index (χ3n) is 10.7. The number of rotatable bonds is 9. The minimum Gasteiger partial charge on any atom is -0.349 e. The molecule has 0 unspecified atom stereocenters. The average molecular weight is 700 g/mol. The summed E-state index contributed by atoms with van der Waals surface area (Å²) in [6.45, 7) is 1.97. The molecule has 0 radical (unpaired) electrons. The molecule has 3 N–H and O–H groups in total. The summed E-state index contributed by atoms with van der Waals surface area (Å²) < 4.78 is 16.7. The molecule has 264 valence electrons. The zero-order chi connectivity index (χ0) is 36.4. The van der Waals surface area contributed by atoms with Crippen LogP contribution in [0.25, 0.3) is 22.2 Å². The summed E-state index contributed by atoms with van der Waals surface area (Å²) in [7, 11) is 0. The number of nitrogens with two attached hydrogens (primary N) is 1. The number of aryl methyl sites for hydroxylation is 1. The van der Waals surface area contributed by atoms with Gasteiger partial charge >= 0.3 is 0 Å². The maximum atomic E-state index is 14.6. The number of nitrogens with zero attached hydrogens (tertiary/aromatic N) is 3. The van der Waals surface area contributed by atoms with Crippen molar-refractivity contribution in [2.24, 2.45) is 5.73 Å². The van der Waals surface area contributed by atoms with Gasteiger partial charge in [-0.05, 0) is 97.7 Å². The van der Waals surface area contributed by atoms with Crippen LogP contribution in [0.5, 0.6) is 0 Å². The van der Waals surface area contributed by atoms with Crippen molar-refractivity contribution in [1.82, 2.24) is 20.1 Å². The lowest BCUT2D eigenvalue weighted by Gasteiger charge is -2.38. The first-order valence-electron chi connectivity index (χ1n) is 18.3. The molecule has 1 saturated carbocycles. The summed E-state index contributed by atoms with van der Waals surface area (Å²) in [6.07, 6.45) is 5.25. The van der Waals surface area contributed by atoms with E-state index in [9.17, 15) is 9.18 Å². The molecule has 0 spiro atoms. The molecule has 2 atom stereocenters. The van der Waals surface area contributed by atoms with Crippen LogP contribution >= 0.6 is 0 Å². The molecule has 2 heterocycles. The number of hydrogen-bond acceptors (Lipinski definition) is 4. The van der Waals surface area contributed by atoms with Crippen LogP contribution in [0.2, 0.25) is 0 Å². The van der Waals surface area contributed by atoms with Gasteiger partial charge in [-0.25, -0.2) is 9.07 Å². The first-order chi connectivity index (χ1) is 25.8. The van der Waals surface area contributed by atoms with Crippen molar-refractivity contribution in [2.75, 3.05) is 0 Å². The van der Waals surface area contributed by atoms with Gasteiger partial charge in [0.2, 0.25) is 0 Å². The lowest BCUT2D eigenvalue weighted by Crippen LogP contribution is -2.52. The number of pyridine rings is 1. The standard InChI is InChI=1S/C46H42FN5O/c1-32-28-33(25-27-49-32)43-40-29-34(44(53)50-39-21-13-26-45(48,31-39)30-35-14-11-12-22-41(35)47)23-24-42(40)52(51-43)46(36-15-5-2-6-16-36,37-17-7-3-8-18-37)38-19-9-4-10-20-38/h2-12,14-20,22-25,27-29,39H,13,21,26,30-31,48H2,1H3,(H,50,53)/t39-,45-/m1/s1. The van der Waals surface area contributed by atoms with Gasteiger partial charge in [-0.1, -0.05) is 109 Å². The maximum Gasteiger partial charge on any atom is 0.251 e. The highest BCUT2D eigenvalue weighted by molar-refractivity contribution is 6.02. The predicted molar refractivity (Wildman–Crippen MR) is 209 cm³/mol. The molecule has 53 heavy (non-hydrogen) atoms. The summed E-state index contributed by atoms with van der Waals surface area (Å²) in [5, 5.41) is 9.64. The molecule has 7 heteroatoms. The lowest BCUT2D eigenvalue weighted by molar-refractivity contribution is 0.0914. The Labute approximate surface area is 309 Å². The van der Waals surface area contributed by atoms with Crippen LogP contribution in [-0.4, -0.2) is 32.3 Å². The van der Waals surface area contributed by atoms with Gasteiger partial charge in [0, 0.05) is 40.0 Å². The number of nitrogens with one attached hydrogen (secondary N) is 1. The number of carbonyl (C=O) groups excluding carboxylic acids is 1. The fourth-order valence-corrected chi connectivity index (χ4v) is 8.29. The van der Waals surface area contributed by atoms with Crippen molar-refractivity contribution in [3.63, 3.8) is 0 Å². The van der Waals surface area contributed by atoms with Gasteiger partial charge in [0.25, 0.3) is 5.91 Å². The first-order valence-corrected chi connectivity index (χ1v) is 18.3. The summed E-state index contributed by atoms with van der Waals surface area (Å²) in [5.41, 5.74) is 13.2. The van der Waals surface area contributed by atoms with E-state index in [1.54, 1.807) is 18.3 Å². The Bertz CT molecular complexity index is 2280. The predicted octanol–water partition coefficient (Wildman–Crippen LogP) is 9.00. The van der Waals surface area contributed by atoms with E-state index < -0.39 is 11.1 Å². The number of fused-ring (bicyclic) bond motifs is 1. The zero-order valence-electron chi connectivity index (χ0n) is 29.8. The first kappa shape index (κ1) is 34.2. The van der Waals surface area contributed by atoms with Crippen LogP contribution < -0.4 is 11.1 Å². The van der Waals surface area contributed by atoms with Crippen LogP contribution in [-0.2, 0) is 12.0 Å². The van der Waals surface area contributed by atoms with Crippen molar-refractivity contribution in [3.05, 3.63) is 191 Å². The quantitative estimate of drug-likeness (QED) is 0.147. The van der Waals surface area contributed by atoms with Gasteiger partial charge < -0.3 is 11.1 Å². The second-order valence-corrected chi connectivity index (χ2v) is 14.4. The van der Waals surface area contributed by atoms with Crippen molar-refractivity contribution in [3.8, 4) is 11.3 Å². The molecule has 0 aliphatic heterocycles. The van der Waals surface area contributed by atoms with Gasteiger partial charge in [-0.2, -0.15) is 5.10 Å². The van der Waals surface area contributed by atoms with E-state index in [4.69, 9.17) is 10.8 Å². The van der Waals surface area contributed by atoms with Gasteiger partial charge in [-0.15, -0.1) is 0 Å². The van der Waals surface area contributed by atoms with Crippen molar-refractivity contribution in [1.29, 1.82) is 0 Å². The van der Waals surface area contributed by atoms with Crippen LogP contribution in [0, 0.1) is 12.7 Å². The number of benzene rings is 5.